The number of amides is 2. The van der Waals surface area contributed by atoms with Gasteiger partial charge in [-0.25, -0.2) is 4.39 Å². The fourth-order valence-corrected chi connectivity index (χ4v) is 2.40. The molecular formula is C14H14F4N2O2. The first-order valence-electron chi connectivity index (χ1n) is 6.71. The summed E-state index contributed by atoms with van der Waals surface area (Å²) in [5.74, 6) is -2.50. The lowest BCUT2D eigenvalue weighted by atomic mass is 10.0. The van der Waals surface area contributed by atoms with Crippen molar-refractivity contribution in [3.05, 3.63) is 35.1 Å². The standard InChI is InChI=1S/C14H14F4N2O2/c1-2-11-12(21)19-5-6-20(11)13(22)8-3-4-10(15)9(7-8)14(16,17)18/h3-4,7,11H,2,5-6H2,1H3,(H,19,21). The van der Waals surface area contributed by atoms with E-state index in [0.29, 0.717) is 18.6 Å². The van der Waals surface area contributed by atoms with E-state index in [2.05, 4.69) is 5.32 Å². The zero-order valence-electron chi connectivity index (χ0n) is 11.7. The normalized spacial score (nSPS) is 19.0. The number of hydrogen-bond acceptors (Lipinski definition) is 2. The molecule has 1 saturated heterocycles. The predicted octanol–water partition coefficient (Wildman–Crippen LogP) is 2.20. The second-order valence-electron chi connectivity index (χ2n) is 4.91. The van der Waals surface area contributed by atoms with Gasteiger partial charge in [-0.2, -0.15) is 13.2 Å². The quantitative estimate of drug-likeness (QED) is 0.850. The Morgan fingerprint density at radius 2 is 2.09 bits per heavy atom. The third kappa shape index (κ3) is 3.05. The highest BCUT2D eigenvalue weighted by molar-refractivity contribution is 5.98. The van der Waals surface area contributed by atoms with E-state index in [4.69, 9.17) is 0 Å². The largest absolute Gasteiger partial charge is 0.419 e. The van der Waals surface area contributed by atoms with Gasteiger partial charge in [0.15, 0.2) is 0 Å². The van der Waals surface area contributed by atoms with E-state index in [1.54, 1.807) is 6.92 Å². The van der Waals surface area contributed by atoms with Crippen LogP contribution < -0.4 is 5.32 Å². The van der Waals surface area contributed by atoms with E-state index in [9.17, 15) is 27.2 Å². The van der Waals surface area contributed by atoms with Crippen LogP contribution in [-0.2, 0) is 11.0 Å². The average Bonchev–Trinajstić information content (AvgIpc) is 2.45. The van der Waals surface area contributed by atoms with Crippen molar-refractivity contribution in [1.82, 2.24) is 10.2 Å². The van der Waals surface area contributed by atoms with Crippen molar-refractivity contribution in [1.29, 1.82) is 0 Å². The summed E-state index contributed by atoms with van der Waals surface area (Å²) < 4.78 is 51.4. The summed E-state index contributed by atoms with van der Waals surface area (Å²) in [6.07, 6.45) is -4.55. The fraction of sp³-hybridized carbons (Fsp3) is 0.429. The molecule has 0 radical (unpaired) electrons. The molecule has 0 aliphatic carbocycles. The van der Waals surface area contributed by atoms with Gasteiger partial charge in [0.05, 0.1) is 5.56 Å². The molecule has 22 heavy (non-hydrogen) atoms. The molecule has 0 spiro atoms. The van der Waals surface area contributed by atoms with Crippen molar-refractivity contribution in [3.8, 4) is 0 Å². The fourth-order valence-electron chi connectivity index (χ4n) is 2.40. The summed E-state index contributed by atoms with van der Waals surface area (Å²) in [5.41, 5.74) is -1.78. The molecule has 0 bridgehead atoms. The van der Waals surface area contributed by atoms with Crippen LogP contribution >= 0.6 is 0 Å². The number of benzene rings is 1. The number of hydrogen-bond donors (Lipinski definition) is 1. The zero-order valence-corrected chi connectivity index (χ0v) is 11.7. The van der Waals surface area contributed by atoms with E-state index in [1.165, 1.54) is 4.90 Å². The van der Waals surface area contributed by atoms with Crippen molar-refractivity contribution < 1.29 is 27.2 Å². The van der Waals surface area contributed by atoms with Gasteiger partial charge in [-0.3, -0.25) is 9.59 Å². The molecule has 1 N–H and O–H groups in total. The Labute approximate surface area is 124 Å². The molecule has 0 aromatic heterocycles. The van der Waals surface area contributed by atoms with E-state index in [-0.39, 0.29) is 24.6 Å². The lowest BCUT2D eigenvalue weighted by Crippen LogP contribution is -2.56. The van der Waals surface area contributed by atoms with Gasteiger partial charge < -0.3 is 10.2 Å². The van der Waals surface area contributed by atoms with Gasteiger partial charge in [-0.05, 0) is 24.6 Å². The van der Waals surface area contributed by atoms with Gasteiger partial charge >= 0.3 is 6.18 Å². The van der Waals surface area contributed by atoms with Gasteiger partial charge in [0.25, 0.3) is 5.91 Å². The maximum Gasteiger partial charge on any atom is 0.419 e. The number of halogens is 4. The van der Waals surface area contributed by atoms with Gasteiger partial charge in [0.2, 0.25) is 5.91 Å². The van der Waals surface area contributed by atoms with Crippen LogP contribution in [0.25, 0.3) is 0 Å². The van der Waals surface area contributed by atoms with Crippen LogP contribution in [0, 0.1) is 5.82 Å². The second kappa shape index (κ2) is 5.94. The number of alkyl halides is 3. The van der Waals surface area contributed by atoms with Crippen LogP contribution in [0.2, 0.25) is 0 Å². The summed E-state index contributed by atoms with van der Waals surface area (Å²) in [6, 6.07) is 1.35. The molecule has 1 fully saturated rings. The Morgan fingerprint density at radius 3 is 2.68 bits per heavy atom. The van der Waals surface area contributed by atoms with E-state index in [1.807, 2.05) is 0 Å². The van der Waals surface area contributed by atoms with Crippen molar-refractivity contribution in [2.75, 3.05) is 13.1 Å². The van der Waals surface area contributed by atoms with Crippen LogP contribution in [-0.4, -0.2) is 35.8 Å². The monoisotopic (exact) mass is 318 g/mol. The third-order valence-electron chi connectivity index (χ3n) is 3.50. The Balaban J connectivity index is 2.35. The summed E-state index contributed by atoms with van der Waals surface area (Å²) >= 11 is 0. The Bertz CT molecular complexity index is 601. The van der Waals surface area contributed by atoms with E-state index < -0.39 is 29.5 Å². The first kappa shape index (κ1) is 16.3. The molecule has 1 aliphatic rings. The topological polar surface area (TPSA) is 49.4 Å². The van der Waals surface area contributed by atoms with Crippen LogP contribution in [0.1, 0.15) is 29.3 Å². The number of nitrogens with zero attached hydrogens (tertiary/aromatic N) is 1. The molecule has 2 amide bonds. The highest BCUT2D eigenvalue weighted by Crippen LogP contribution is 2.32. The summed E-state index contributed by atoms with van der Waals surface area (Å²) in [6.45, 7) is 2.12. The molecule has 8 heteroatoms. The van der Waals surface area contributed by atoms with E-state index >= 15 is 0 Å². The van der Waals surface area contributed by atoms with Crippen molar-refractivity contribution >= 4 is 11.8 Å². The highest BCUT2D eigenvalue weighted by atomic mass is 19.4. The third-order valence-corrected chi connectivity index (χ3v) is 3.50. The van der Waals surface area contributed by atoms with Crippen LogP contribution in [0.3, 0.4) is 0 Å². The van der Waals surface area contributed by atoms with Crippen LogP contribution in [0.15, 0.2) is 18.2 Å². The predicted molar refractivity (Wildman–Crippen MR) is 69.5 cm³/mol. The van der Waals surface area contributed by atoms with E-state index in [0.717, 1.165) is 6.07 Å². The second-order valence-corrected chi connectivity index (χ2v) is 4.91. The molecule has 120 valence electrons. The van der Waals surface area contributed by atoms with Crippen LogP contribution in [0.5, 0.6) is 0 Å². The molecule has 4 nitrogen and oxygen atoms in total. The SMILES string of the molecule is CCC1C(=O)NCCN1C(=O)c1ccc(F)c(C(F)(F)F)c1. The molecule has 2 rings (SSSR count). The van der Waals surface area contributed by atoms with Gasteiger partial charge in [-0.15, -0.1) is 0 Å². The Kier molecular flexibility index (Phi) is 4.39. The van der Waals surface area contributed by atoms with Crippen molar-refractivity contribution in [3.63, 3.8) is 0 Å². The van der Waals surface area contributed by atoms with Gasteiger partial charge in [0, 0.05) is 18.7 Å². The lowest BCUT2D eigenvalue weighted by Gasteiger charge is -2.34. The molecule has 1 unspecified atom stereocenters. The Morgan fingerprint density at radius 1 is 1.41 bits per heavy atom. The van der Waals surface area contributed by atoms with Gasteiger partial charge in [-0.1, -0.05) is 6.92 Å². The highest BCUT2D eigenvalue weighted by Gasteiger charge is 2.36. The van der Waals surface area contributed by atoms with Gasteiger partial charge in [0.1, 0.15) is 11.9 Å². The number of carbonyl (C=O) groups excluding carboxylic acids is 2. The summed E-state index contributed by atoms with van der Waals surface area (Å²) in [4.78, 5) is 25.3. The summed E-state index contributed by atoms with van der Waals surface area (Å²) in [5, 5.41) is 2.59. The number of nitrogens with one attached hydrogen (secondary N) is 1. The minimum atomic E-state index is -4.89. The maximum absolute atomic E-state index is 13.3. The maximum atomic E-state index is 13.3. The smallest absolute Gasteiger partial charge is 0.353 e. The number of piperazine rings is 1. The molecule has 1 aromatic rings. The molecule has 1 heterocycles. The number of carbonyl (C=O) groups is 2. The average molecular weight is 318 g/mol. The van der Waals surface area contributed by atoms with Crippen molar-refractivity contribution in [2.24, 2.45) is 0 Å². The molecule has 0 saturated carbocycles. The van der Waals surface area contributed by atoms with Crippen molar-refractivity contribution in [2.45, 2.75) is 25.6 Å². The first-order valence-corrected chi connectivity index (χ1v) is 6.71. The lowest BCUT2D eigenvalue weighted by molar-refractivity contribution is -0.140. The minimum absolute atomic E-state index is 0.196. The zero-order chi connectivity index (χ0) is 16.5. The molecule has 1 atom stereocenters. The molecule has 1 aromatic carbocycles. The van der Waals surface area contributed by atoms with Crippen LogP contribution in [0.4, 0.5) is 17.6 Å². The minimum Gasteiger partial charge on any atom is -0.353 e. The summed E-state index contributed by atoms with van der Waals surface area (Å²) in [7, 11) is 0. The molecule has 1 aliphatic heterocycles. The first-order chi connectivity index (χ1) is 10.3. The number of rotatable bonds is 2. The molecular weight excluding hydrogens is 304 g/mol. The Hall–Kier alpha value is -2.12.